The van der Waals surface area contributed by atoms with Gasteiger partial charge in [-0.25, -0.2) is 0 Å². The van der Waals surface area contributed by atoms with Crippen LogP contribution >= 0.6 is 11.6 Å². The zero-order valence-corrected chi connectivity index (χ0v) is 10.7. The molecule has 2 rings (SSSR count). The summed E-state index contributed by atoms with van der Waals surface area (Å²) >= 11 is 5.66. The van der Waals surface area contributed by atoms with Crippen molar-refractivity contribution in [2.45, 2.75) is 0 Å². The molecule has 0 atom stereocenters. The molecule has 0 amide bonds. The number of rotatable bonds is 4. The first-order chi connectivity index (χ1) is 8.72. The monoisotopic (exact) mass is 265 g/mol. The summed E-state index contributed by atoms with van der Waals surface area (Å²) in [5.74, 6) is 1.92. The molecule has 5 nitrogen and oxygen atoms in total. The largest absolute Gasteiger partial charge is 0.493 e. The highest BCUT2D eigenvalue weighted by Gasteiger charge is 2.05. The number of nitrogens with zero attached hydrogens (tertiary/aromatic N) is 2. The molecule has 0 saturated heterocycles. The van der Waals surface area contributed by atoms with Crippen molar-refractivity contribution in [3.63, 3.8) is 0 Å². The fourth-order valence-electron chi connectivity index (χ4n) is 1.44. The van der Waals surface area contributed by atoms with Gasteiger partial charge in [0, 0.05) is 11.8 Å². The maximum atomic E-state index is 5.66. The SMILES string of the molecule is COc1ccc(Nc2ccc(Cl)nn2)cc1OC. The summed E-state index contributed by atoms with van der Waals surface area (Å²) < 4.78 is 10.4. The average molecular weight is 266 g/mol. The van der Waals surface area contributed by atoms with Gasteiger partial charge < -0.3 is 14.8 Å². The van der Waals surface area contributed by atoms with E-state index in [0.717, 1.165) is 5.69 Å². The lowest BCUT2D eigenvalue weighted by molar-refractivity contribution is 0.355. The lowest BCUT2D eigenvalue weighted by Crippen LogP contribution is -1.96. The normalized spacial score (nSPS) is 9.94. The molecule has 94 valence electrons. The van der Waals surface area contributed by atoms with E-state index in [9.17, 15) is 0 Å². The summed E-state index contributed by atoms with van der Waals surface area (Å²) in [6.07, 6.45) is 0. The van der Waals surface area contributed by atoms with E-state index in [1.165, 1.54) is 0 Å². The molecule has 0 radical (unpaired) electrons. The van der Waals surface area contributed by atoms with Gasteiger partial charge in [-0.3, -0.25) is 0 Å². The first kappa shape index (κ1) is 12.4. The zero-order chi connectivity index (χ0) is 13.0. The van der Waals surface area contributed by atoms with Gasteiger partial charge in [-0.2, -0.15) is 0 Å². The number of methoxy groups -OCH3 is 2. The van der Waals surface area contributed by atoms with Crippen molar-refractivity contribution in [3.05, 3.63) is 35.5 Å². The molecule has 2 aromatic rings. The van der Waals surface area contributed by atoms with E-state index in [0.29, 0.717) is 22.5 Å². The summed E-state index contributed by atoms with van der Waals surface area (Å²) in [5.41, 5.74) is 0.823. The quantitative estimate of drug-likeness (QED) is 0.921. The second kappa shape index (κ2) is 5.55. The number of halogens is 1. The van der Waals surface area contributed by atoms with Crippen LogP contribution in [0.2, 0.25) is 5.15 Å². The second-order valence-corrected chi connectivity index (χ2v) is 3.82. The van der Waals surface area contributed by atoms with Crippen LogP contribution in [-0.2, 0) is 0 Å². The van der Waals surface area contributed by atoms with Crippen LogP contribution in [0.4, 0.5) is 11.5 Å². The van der Waals surface area contributed by atoms with Crippen molar-refractivity contribution in [3.8, 4) is 11.5 Å². The molecule has 1 heterocycles. The van der Waals surface area contributed by atoms with E-state index in [1.807, 2.05) is 18.2 Å². The molecular weight excluding hydrogens is 254 g/mol. The highest BCUT2D eigenvalue weighted by Crippen LogP contribution is 2.30. The van der Waals surface area contributed by atoms with Crippen LogP contribution in [0, 0.1) is 0 Å². The van der Waals surface area contributed by atoms with Crippen LogP contribution in [0.25, 0.3) is 0 Å². The van der Waals surface area contributed by atoms with Gasteiger partial charge >= 0.3 is 0 Å². The maximum absolute atomic E-state index is 5.66. The topological polar surface area (TPSA) is 56.3 Å². The van der Waals surface area contributed by atoms with E-state index in [-0.39, 0.29) is 0 Å². The number of hydrogen-bond donors (Lipinski definition) is 1. The maximum Gasteiger partial charge on any atom is 0.162 e. The number of nitrogens with one attached hydrogen (secondary N) is 1. The summed E-state index contributed by atoms with van der Waals surface area (Å²) in [5, 5.41) is 11.1. The summed E-state index contributed by atoms with van der Waals surface area (Å²) in [4.78, 5) is 0. The smallest absolute Gasteiger partial charge is 0.162 e. The Balaban J connectivity index is 2.21. The van der Waals surface area contributed by atoms with Crippen LogP contribution in [0.1, 0.15) is 0 Å². The van der Waals surface area contributed by atoms with Gasteiger partial charge in [0.2, 0.25) is 0 Å². The fourth-order valence-corrected chi connectivity index (χ4v) is 1.55. The zero-order valence-electron chi connectivity index (χ0n) is 9.98. The van der Waals surface area contributed by atoms with Gasteiger partial charge in [0.1, 0.15) is 0 Å². The Kier molecular flexibility index (Phi) is 3.84. The predicted molar refractivity (Wildman–Crippen MR) is 69.9 cm³/mol. The minimum atomic E-state index is 0.355. The molecular formula is C12H12ClN3O2. The summed E-state index contributed by atoms with van der Waals surface area (Å²) in [6, 6.07) is 8.89. The molecule has 0 aliphatic heterocycles. The number of aromatic nitrogens is 2. The van der Waals surface area contributed by atoms with Gasteiger partial charge in [-0.05, 0) is 24.3 Å². The Bertz CT molecular complexity index is 531. The standard InChI is InChI=1S/C12H12ClN3O2/c1-17-9-4-3-8(7-10(9)18-2)14-12-6-5-11(13)15-16-12/h3-7H,1-2H3,(H,14,16). The average Bonchev–Trinajstić information content (AvgIpc) is 2.41. The van der Waals surface area contributed by atoms with Crippen molar-refractivity contribution in [1.82, 2.24) is 10.2 Å². The third kappa shape index (κ3) is 2.81. The Labute approximate surface area is 110 Å². The second-order valence-electron chi connectivity index (χ2n) is 3.44. The Morgan fingerprint density at radius 2 is 1.78 bits per heavy atom. The molecule has 0 spiro atoms. The molecule has 0 saturated carbocycles. The predicted octanol–water partition coefficient (Wildman–Crippen LogP) is 2.89. The van der Waals surface area contributed by atoms with Gasteiger partial charge in [-0.1, -0.05) is 11.6 Å². The summed E-state index contributed by atoms with van der Waals surface area (Å²) in [7, 11) is 3.18. The number of benzene rings is 1. The van der Waals surface area contributed by atoms with Crippen LogP contribution in [0.5, 0.6) is 11.5 Å². The Morgan fingerprint density at radius 3 is 2.39 bits per heavy atom. The molecule has 1 aromatic heterocycles. The van der Waals surface area contributed by atoms with Crippen molar-refractivity contribution in [2.24, 2.45) is 0 Å². The third-order valence-electron chi connectivity index (χ3n) is 2.29. The molecule has 1 N–H and O–H groups in total. The third-order valence-corrected chi connectivity index (χ3v) is 2.49. The van der Waals surface area contributed by atoms with Gasteiger partial charge in [0.15, 0.2) is 22.5 Å². The lowest BCUT2D eigenvalue weighted by atomic mass is 10.2. The highest BCUT2D eigenvalue weighted by molar-refractivity contribution is 6.29. The molecule has 0 bridgehead atoms. The van der Waals surface area contributed by atoms with Gasteiger partial charge in [-0.15, -0.1) is 10.2 Å². The van der Waals surface area contributed by atoms with Gasteiger partial charge in [0.25, 0.3) is 0 Å². The van der Waals surface area contributed by atoms with Crippen LogP contribution in [0.3, 0.4) is 0 Å². The minimum Gasteiger partial charge on any atom is -0.493 e. The van der Waals surface area contributed by atoms with Crippen molar-refractivity contribution in [1.29, 1.82) is 0 Å². The van der Waals surface area contributed by atoms with Crippen LogP contribution in [-0.4, -0.2) is 24.4 Å². The minimum absolute atomic E-state index is 0.355. The highest BCUT2D eigenvalue weighted by atomic mass is 35.5. The molecule has 0 aliphatic carbocycles. The molecule has 18 heavy (non-hydrogen) atoms. The van der Waals surface area contributed by atoms with Crippen LogP contribution in [0.15, 0.2) is 30.3 Å². The number of hydrogen-bond acceptors (Lipinski definition) is 5. The molecule has 6 heteroatoms. The van der Waals surface area contributed by atoms with E-state index >= 15 is 0 Å². The molecule has 0 fully saturated rings. The molecule has 0 unspecified atom stereocenters. The van der Waals surface area contributed by atoms with E-state index in [1.54, 1.807) is 26.4 Å². The molecule has 1 aromatic carbocycles. The number of ether oxygens (including phenoxy) is 2. The van der Waals surface area contributed by atoms with Crippen molar-refractivity contribution in [2.75, 3.05) is 19.5 Å². The van der Waals surface area contributed by atoms with Crippen molar-refractivity contribution >= 4 is 23.1 Å². The lowest BCUT2D eigenvalue weighted by Gasteiger charge is -2.10. The van der Waals surface area contributed by atoms with E-state index < -0.39 is 0 Å². The Morgan fingerprint density at radius 1 is 1.00 bits per heavy atom. The van der Waals surface area contributed by atoms with Crippen molar-refractivity contribution < 1.29 is 9.47 Å². The fraction of sp³-hybridized carbons (Fsp3) is 0.167. The Hall–Kier alpha value is -2.01. The first-order valence-electron chi connectivity index (χ1n) is 5.21. The molecule has 0 aliphatic rings. The van der Waals surface area contributed by atoms with E-state index in [4.69, 9.17) is 21.1 Å². The summed E-state index contributed by atoms with van der Waals surface area (Å²) in [6.45, 7) is 0. The number of anilines is 2. The van der Waals surface area contributed by atoms with E-state index in [2.05, 4.69) is 15.5 Å². The van der Waals surface area contributed by atoms with Gasteiger partial charge in [0.05, 0.1) is 14.2 Å². The first-order valence-corrected chi connectivity index (χ1v) is 5.59. The van der Waals surface area contributed by atoms with Crippen LogP contribution < -0.4 is 14.8 Å².